The van der Waals surface area contributed by atoms with Crippen LogP contribution in [0.4, 0.5) is 5.69 Å². The maximum atomic E-state index is 12.9. The van der Waals surface area contributed by atoms with E-state index in [1.807, 2.05) is 0 Å². The zero-order valence-corrected chi connectivity index (χ0v) is 20.8. The molecule has 0 N–H and O–H groups in total. The fourth-order valence-electron chi connectivity index (χ4n) is 3.75. The summed E-state index contributed by atoms with van der Waals surface area (Å²) in [6.45, 7) is 3.14. The summed E-state index contributed by atoms with van der Waals surface area (Å²) in [6.07, 6.45) is 2.25. The van der Waals surface area contributed by atoms with Gasteiger partial charge in [0.15, 0.2) is 0 Å². The highest BCUT2D eigenvalue weighted by Crippen LogP contribution is 2.34. The average Bonchev–Trinajstić information content (AvgIpc) is 2.79. The first kappa shape index (κ1) is 25.3. The zero-order valence-electron chi connectivity index (χ0n) is 18.5. The topological polar surface area (TPSA) is 84.0 Å². The van der Waals surface area contributed by atoms with Crippen LogP contribution < -0.4 is 4.31 Å². The van der Waals surface area contributed by atoms with E-state index >= 15 is 0 Å². The predicted molar refractivity (Wildman–Crippen MR) is 129 cm³/mol. The Hall–Kier alpha value is -2.29. The summed E-state index contributed by atoms with van der Waals surface area (Å²) in [5.41, 5.74) is 1.48. The van der Waals surface area contributed by atoms with Gasteiger partial charge in [-0.25, -0.2) is 8.42 Å². The molecule has 0 aliphatic carbocycles. The van der Waals surface area contributed by atoms with Gasteiger partial charge in [-0.1, -0.05) is 41.4 Å². The normalized spacial score (nSPS) is 14.7. The van der Waals surface area contributed by atoms with E-state index < -0.39 is 10.0 Å². The number of esters is 1. The van der Waals surface area contributed by atoms with Crippen LogP contribution in [0.2, 0.25) is 10.0 Å². The van der Waals surface area contributed by atoms with E-state index in [-0.39, 0.29) is 40.1 Å². The van der Waals surface area contributed by atoms with Crippen LogP contribution in [0.15, 0.2) is 42.5 Å². The van der Waals surface area contributed by atoms with Crippen molar-refractivity contribution < 1.29 is 22.7 Å². The van der Waals surface area contributed by atoms with Crippen molar-refractivity contribution in [1.29, 1.82) is 0 Å². The number of anilines is 1. The average molecular weight is 513 g/mol. The Morgan fingerprint density at radius 2 is 1.73 bits per heavy atom. The molecular formula is C23H26Cl2N2O5S. The molecule has 10 heteroatoms. The number of halogens is 2. The summed E-state index contributed by atoms with van der Waals surface area (Å²) >= 11 is 12.3. The van der Waals surface area contributed by atoms with E-state index in [4.69, 9.17) is 27.9 Å². The van der Waals surface area contributed by atoms with Crippen molar-refractivity contribution in [3.8, 4) is 0 Å². The maximum Gasteiger partial charge on any atom is 0.309 e. The van der Waals surface area contributed by atoms with Gasteiger partial charge in [0.05, 0.1) is 41.1 Å². The Kier molecular flexibility index (Phi) is 8.26. The van der Waals surface area contributed by atoms with Crippen LogP contribution in [0.5, 0.6) is 0 Å². The second-order valence-electron chi connectivity index (χ2n) is 7.86. The number of likely N-dealkylation sites (tertiary alicyclic amines) is 1. The summed E-state index contributed by atoms with van der Waals surface area (Å²) in [6, 6.07) is 11.6. The molecule has 1 saturated heterocycles. The molecular weight excluding hydrogens is 487 g/mol. The van der Waals surface area contributed by atoms with Gasteiger partial charge in [-0.3, -0.25) is 13.9 Å². The third-order valence-corrected chi connectivity index (χ3v) is 7.46. The van der Waals surface area contributed by atoms with Crippen molar-refractivity contribution in [2.75, 3.05) is 30.3 Å². The molecule has 0 unspecified atom stereocenters. The minimum atomic E-state index is -3.64. The minimum absolute atomic E-state index is 0.0400. The van der Waals surface area contributed by atoms with Crippen molar-refractivity contribution in [1.82, 2.24) is 4.90 Å². The van der Waals surface area contributed by atoms with Gasteiger partial charge < -0.3 is 9.64 Å². The fraction of sp³-hybridized carbons (Fsp3) is 0.391. The number of piperidine rings is 1. The van der Waals surface area contributed by atoms with Crippen LogP contribution in [0.3, 0.4) is 0 Å². The van der Waals surface area contributed by atoms with Crippen molar-refractivity contribution >= 4 is 50.8 Å². The summed E-state index contributed by atoms with van der Waals surface area (Å²) in [7, 11) is -3.64. The van der Waals surface area contributed by atoms with E-state index in [9.17, 15) is 18.0 Å². The second kappa shape index (κ2) is 10.8. The molecule has 1 aliphatic rings. The molecule has 2 aromatic rings. The van der Waals surface area contributed by atoms with E-state index in [2.05, 4.69) is 0 Å². The molecule has 1 amide bonds. The van der Waals surface area contributed by atoms with Crippen LogP contribution >= 0.6 is 23.2 Å². The first-order valence-corrected chi connectivity index (χ1v) is 13.2. The van der Waals surface area contributed by atoms with Crippen LogP contribution in [0, 0.1) is 5.92 Å². The monoisotopic (exact) mass is 512 g/mol. The molecule has 7 nitrogen and oxygen atoms in total. The van der Waals surface area contributed by atoms with Crippen molar-refractivity contribution in [2.45, 2.75) is 26.3 Å². The molecule has 1 aliphatic heterocycles. The Labute approximate surface area is 204 Å². The summed E-state index contributed by atoms with van der Waals surface area (Å²) in [5.74, 6) is -0.498. The molecule has 0 aromatic heterocycles. The third-order valence-electron chi connectivity index (χ3n) is 5.53. The van der Waals surface area contributed by atoms with Gasteiger partial charge in [-0.15, -0.1) is 0 Å². The van der Waals surface area contributed by atoms with E-state index in [0.29, 0.717) is 43.7 Å². The Balaban J connectivity index is 1.70. The van der Waals surface area contributed by atoms with Gasteiger partial charge in [-0.05, 0) is 49.6 Å². The molecule has 0 bridgehead atoms. The highest BCUT2D eigenvalue weighted by atomic mass is 35.5. The first-order valence-electron chi connectivity index (χ1n) is 10.6. The molecule has 3 rings (SSSR count). The van der Waals surface area contributed by atoms with Gasteiger partial charge in [0.25, 0.3) is 5.91 Å². The quantitative estimate of drug-likeness (QED) is 0.514. The molecule has 1 heterocycles. The van der Waals surface area contributed by atoms with Gasteiger partial charge in [0.2, 0.25) is 10.0 Å². The number of hydrogen-bond acceptors (Lipinski definition) is 5. The Bertz CT molecular complexity index is 1110. The van der Waals surface area contributed by atoms with Gasteiger partial charge in [0.1, 0.15) is 0 Å². The lowest BCUT2D eigenvalue weighted by Crippen LogP contribution is -2.40. The SMILES string of the molecule is CCOC(=O)C1CCN(C(=O)c2ccc(CN(c3cccc(Cl)c3Cl)S(C)(=O)=O)cc2)CC1. The molecule has 33 heavy (non-hydrogen) atoms. The molecule has 178 valence electrons. The Morgan fingerprint density at radius 3 is 2.30 bits per heavy atom. The van der Waals surface area contributed by atoms with E-state index in [1.165, 1.54) is 4.31 Å². The highest BCUT2D eigenvalue weighted by Gasteiger charge is 2.29. The number of nitrogens with zero attached hydrogens (tertiary/aromatic N) is 2. The number of carbonyl (C=O) groups is 2. The number of ether oxygens (including phenoxy) is 1. The van der Waals surface area contributed by atoms with Crippen molar-refractivity contribution in [2.24, 2.45) is 5.92 Å². The summed E-state index contributed by atoms with van der Waals surface area (Å²) in [5, 5.41) is 0.415. The lowest BCUT2D eigenvalue weighted by Gasteiger charge is -2.31. The van der Waals surface area contributed by atoms with Crippen molar-refractivity contribution in [3.05, 3.63) is 63.6 Å². The number of hydrogen-bond donors (Lipinski definition) is 0. The van der Waals surface area contributed by atoms with Crippen LogP contribution in [-0.2, 0) is 26.1 Å². The Morgan fingerprint density at radius 1 is 1.09 bits per heavy atom. The maximum absolute atomic E-state index is 12.9. The first-order chi connectivity index (χ1) is 15.6. The number of rotatable bonds is 7. The lowest BCUT2D eigenvalue weighted by atomic mass is 9.96. The largest absolute Gasteiger partial charge is 0.466 e. The lowest BCUT2D eigenvalue weighted by molar-refractivity contribution is -0.149. The minimum Gasteiger partial charge on any atom is -0.466 e. The molecule has 0 saturated carbocycles. The van der Waals surface area contributed by atoms with E-state index in [1.54, 1.807) is 54.3 Å². The van der Waals surface area contributed by atoms with E-state index in [0.717, 1.165) is 6.26 Å². The van der Waals surface area contributed by atoms with Crippen LogP contribution in [0.1, 0.15) is 35.7 Å². The summed E-state index contributed by atoms with van der Waals surface area (Å²) < 4.78 is 31.1. The van der Waals surface area contributed by atoms with Crippen LogP contribution in [-0.4, -0.2) is 51.1 Å². The fourth-order valence-corrected chi connectivity index (χ4v) is 5.09. The smallest absolute Gasteiger partial charge is 0.309 e. The highest BCUT2D eigenvalue weighted by molar-refractivity contribution is 7.92. The second-order valence-corrected chi connectivity index (χ2v) is 10.6. The molecule has 1 fully saturated rings. The predicted octanol–water partition coefficient (Wildman–Crippen LogP) is 4.37. The zero-order chi connectivity index (χ0) is 24.2. The number of amides is 1. The number of carbonyl (C=O) groups excluding carboxylic acids is 2. The van der Waals surface area contributed by atoms with Crippen LogP contribution in [0.25, 0.3) is 0 Å². The van der Waals surface area contributed by atoms with Gasteiger partial charge >= 0.3 is 5.97 Å². The van der Waals surface area contributed by atoms with Crippen molar-refractivity contribution in [3.63, 3.8) is 0 Å². The molecule has 0 radical (unpaired) electrons. The summed E-state index contributed by atoms with van der Waals surface area (Å²) in [4.78, 5) is 26.5. The van der Waals surface area contributed by atoms with Gasteiger partial charge in [0, 0.05) is 18.7 Å². The number of sulfonamides is 1. The third kappa shape index (κ3) is 6.19. The standard InChI is InChI=1S/C23H26Cl2N2O5S/c1-3-32-23(29)18-11-13-26(14-12-18)22(28)17-9-7-16(8-10-17)15-27(33(2,30)31)20-6-4-5-19(24)21(20)25/h4-10,18H,3,11-15H2,1-2H3. The molecule has 0 atom stereocenters. The molecule has 2 aromatic carbocycles. The molecule has 0 spiro atoms. The number of benzene rings is 2. The van der Waals surface area contributed by atoms with Gasteiger partial charge in [-0.2, -0.15) is 0 Å².